The molecule has 0 spiro atoms. The summed E-state index contributed by atoms with van der Waals surface area (Å²) in [6.45, 7) is 6.78. The van der Waals surface area contributed by atoms with Crippen molar-refractivity contribution >= 4 is 0 Å². The Hall–Kier alpha value is -1.00. The molecule has 1 aromatic rings. The van der Waals surface area contributed by atoms with Crippen molar-refractivity contribution in [3.8, 4) is 0 Å². The third-order valence-electron chi connectivity index (χ3n) is 2.59. The van der Waals surface area contributed by atoms with Crippen LogP contribution in [0.15, 0.2) is 18.2 Å². The Balaban J connectivity index is 2.28. The maximum absolute atomic E-state index is 12.9. The number of hydrogen-bond acceptors (Lipinski definition) is 2. The van der Waals surface area contributed by atoms with E-state index in [9.17, 15) is 8.78 Å². The molecule has 0 aliphatic rings. The van der Waals surface area contributed by atoms with E-state index in [-0.39, 0.29) is 0 Å². The van der Waals surface area contributed by atoms with Gasteiger partial charge in [-0.25, -0.2) is 8.78 Å². The van der Waals surface area contributed by atoms with E-state index >= 15 is 0 Å². The Morgan fingerprint density at radius 1 is 1.24 bits per heavy atom. The predicted molar refractivity (Wildman–Crippen MR) is 66.1 cm³/mol. The molecule has 2 nitrogen and oxygen atoms in total. The maximum atomic E-state index is 12.9. The van der Waals surface area contributed by atoms with Crippen molar-refractivity contribution in [1.82, 2.24) is 10.6 Å². The largest absolute Gasteiger partial charge is 0.315 e. The van der Waals surface area contributed by atoms with Gasteiger partial charge in [0.25, 0.3) is 0 Å². The van der Waals surface area contributed by atoms with E-state index < -0.39 is 11.6 Å². The van der Waals surface area contributed by atoms with Crippen molar-refractivity contribution < 1.29 is 8.78 Å². The van der Waals surface area contributed by atoms with Gasteiger partial charge in [-0.05, 0) is 44.1 Å². The summed E-state index contributed by atoms with van der Waals surface area (Å²) in [4.78, 5) is 0. The second-order valence-electron chi connectivity index (χ2n) is 4.16. The van der Waals surface area contributed by atoms with Crippen LogP contribution in [0.25, 0.3) is 0 Å². The summed E-state index contributed by atoms with van der Waals surface area (Å²) < 4.78 is 25.6. The minimum absolute atomic E-state index is 0.375. The molecule has 0 radical (unpaired) electrons. The third kappa shape index (κ3) is 5.24. The Morgan fingerprint density at radius 2 is 2.00 bits per heavy atom. The van der Waals surface area contributed by atoms with Gasteiger partial charge in [0, 0.05) is 12.6 Å². The van der Waals surface area contributed by atoms with Gasteiger partial charge < -0.3 is 10.6 Å². The van der Waals surface area contributed by atoms with Crippen LogP contribution in [0.1, 0.15) is 19.4 Å². The fourth-order valence-electron chi connectivity index (χ4n) is 1.59. The molecular weight excluding hydrogens is 222 g/mol. The lowest BCUT2D eigenvalue weighted by Gasteiger charge is -2.13. The van der Waals surface area contributed by atoms with Crippen LogP contribution in [0.3, 0.4) is 0 Å². The van der Waals surface area contributed by atoms with Gasteiger partial charge in [-0.1, -0.05) is 13.0 Å². The monoisotopic (exact) mass is 242 g/mol. The standard InChI is InChI=1S/C13H20F2N2/c1-3-16-9-10(2)17-7-6-11-4-5-12(14)13(15)8-11/h4-5,8,10,16-17H,3,6-7,9H2,1-2H3. The third-order valence-corrected chi connectivity index (χ3v) is 2.59. The number of halogens is 2. The Kier molecular flexibility index (Phi) is 6.08. The highest BCUT2D eigenvalue weighted by Crippen LogP contribution is 2.08. The second kappa shape index (κ2) is 7.35. The summed E-state index contributed by atoms with van der Waals surface area (Å²) in [7, 11) is 0. The average molecular weight is 242 g/mol. The first-order valence-electron chi connectivity index (χ1n) is 6.01. The molecule has 17 heavy (non-hydrogen) atoms. The van der Waals surface area contributed by atoms with Crippen LogP contribution in [-0.2, 0) is 6.42 Å². The minimum atomic E-state index is -0.790. The lowest BCUT2D eigenvalue weighted by atomic mass is 10.1. The average Bonchev–Trinajstić information content (AvgIpc) is 2.31. The van der Waals surface area contributed by atoms with Crippen LogP contribution in [0.2, 0.25) is 0 Å². The summed E-state index contributed by atoms with van der Waals surface area (Å²) in [5, 5.41) is 6.56. The van der Waals surface area contributed by atoms with Crippen LogP contribution in [0.4, 0.5) is 8.78 Å². The molecule has 0 aliphatic carbocycles. The molecule has 1 atom stereocenters. The second-order valence-corrected chi connectivity index (χ2v) is 4.16. The van der Waals surface area contributed by atoms with Crippen LogP contribution < -0.4 is 10.6 Å². The van der Waals surface area contributed by atoms with E-state index in [2.05, 4.69) is 24.5 Å². The van der Waals surface area contributed by atoms with Gasteiger partial charge in [0.05, 0.1) is 0 Å². The van der Waals surface area contributed by atoms with E-state index in [0.717, 1.165) is 25.2 Å². The predicted octanol–water partition coefficient (Wildman–Crippen LogP) is 2.09. The Bertz CT molecular complexity index is 342. The Labute approximate surface area is 101 Å². The lowest BCUT2D eigenvalue weighted by Crippen LogP contribution is -2.37. The first-order valence-corrected chi connectivity index (χ1v) is 6.01. The fraction of sp³-hybridized carbons (Fsp3) is 0.538. The van der Waals surface area contributed by atoms with E-state index in [1.54, 1.807) is 6.07 Å². The molecule has 0 aliphatic heterocycles. The summed E-state index contributed by atoms with van der Waals surface area (Å²) in [6, 6.07) is 4.42. The highest BCUT2D eigenvalue weighted by molar-refractivity contribution is 5.18. The SMILES string of the molecule is CCNCC(C)NCCc1ccc(F)c(F)c1. The molecule has 1 unspecified atom stereocenters. The van der Waals surface area contributed by atoms with Gasteiger partial charge >= 0.3 is 0 Å². The summed E-state index contributed by atoms with van der Waals surface area (Å²) >= 11 is 0. The molecule has 0 aromatic heterocycles. The lowest BCUT2D eigenvalue weighted by molar-refractivity contribution is 0.501. The number of likely N-dealkylation sites (N-methyl/N-ethyl adjacent to an activating group) is 1. The van der Waals surface area contributed by atoms with Gasteiger partial charge in [-0.15, -0.1) is 0 Å². The van der Waals surface area contributed by atoms with Crippen molar-refractivity contribution in [1.29, 1.82) is 0 Å². The van der Waals surface area contributed by atoms with Gasteiger partial charge in [0.15, 0.2) is 11.6 Å². The van der Waals surface area contributed by atoms with Crippen LogP contribution in [0.5, 0.6) is 0 Å². The van der Waals surface area contributed by atoms with Crippen molar-refractivity contribution in [2.45, 2.75) is 26.3 Å². The molecule has 0 saturated carbocycles. The van der Waals surface area contributed by atoms with Crippen LogP contribution >= 0.6 is 0 Å². The molecule has 1 rings (SSSR count). The zero-order chi connectivity index (χ0) is 12.7. The van der Waals surface area contributed by atoms with E-state index in [1.807, 2.05) is 0 Å². The molecule has 1 aromatic carbocycles. The summed E-state index contributed by atoms with van der Waals surface area (Å²) in [5.41, 5.74) is 0.812. The highest BCUT2D eigenvalue weighted by atomic mass is 19.2. The van der Waals surface area contributed by atoms with Gasteiger partial charge in [0.2, 0.25) is 0 Å². The molecule has 0 saturated heterocycles. The van der Waals surface area contributed by atoms with Crippen molar-refractivity contribution in [3.05, 3.63) is 35.4 Å². The molecule has 0 heterocycles. The quantitative estimate of drug-likeness (QED) is 0.765. The minimum Gasteiger partial charge on any atom is -0.315 e. The van der Waals surface area contributed by atoms with E-state index in [1.165, 1.54) is 12.1 Å². The number of nitrogens with one attached hydrogen (secondary N) is 2. The first kappa shape index (κ1) is 14.1. The zero-order valence-electron chi connectivity index (χ0n) is 10.4. The Morgan fingerprint density at radius 3 is 2.65 bits per heavy atom. The van der Waals surface area contributed by atoms with Gasteiger partial charge in [-0.3, -0.25) is 0 Å². The van der Waals surface area contributed by atoms with E-state index in [0.29, 0.717) is 12.5 Å². The molecule has 96 valence electrons. The van der Waals surface area contributed by atoms with Crippen LogP contribution in [0, 0.1) is 11.6 Å². The molecule has 2 N–H and O–H groups in total. The number of benzene rings is 1. The van der Waals surface area contributed by atoms with Crippen LogP contribution in [-0.4, -0.2) is 25.7 Å². The van der Waals surface area contributed by atoms with Crippen molar-refractivity contribution in [2.24, 2.45) is 0 Å². The summed E-state index contributed by atoms with van der Waals surface area (Å²) in [5.74, 6) is -1.56. The molecule has 0 amide bonds. The van der Waals surface area contributed by atoms with Gasteiger partial charge in [0.1, 0.15) is 0 Å². The zero-order valence-corrected chi connectivity index (χ0v) is 10.4. The molecule has 0 bridgehead atoms. The fourth-order valence-corrected chi connectivity index (χ4v) is 1.59. The van der Waals surface area contributed by atoms with E-state index in [4.69, 9.17) is 0 Å². The smallest absolute Gasteiger partial charge is 0.159 e. The maximum Gasteiger partial charge on any atom is 0.159 e. The summed E-state index contributed by atoms with van der Waals surface area (Å²) in [6.07, 6.45) is 0.702. The topological polar surface area (TPSA) is 24.1 Å². The van der Waals surface area contributed by atoms with Crippen molar-refractivity contribution in [2.75, 3.05) is 19.6 Å². The molecule has 4 heteroatoms. The normalized spacial score (nSPS) is 12.7. The molecular formula is C13H20F2N2. The van der Waals surface area contributed by atoms with Crippen molar-refractivity contribution in [3.63, 3.8) is 0 Å². The van der Waals surface area contributed by atoms with Gasteiger partial charge in [-0.2, -0.15) is 0 Å². The number of rotatable bonds is 7. The molecule has 0 fully saturated rings. The highest BCUT2D eigenvalue weighted by Gasteiger charge is 2.03. The first-order chi connectivity index (χ1) is 8.13. The number of hydrogen-bond donors (Lipinski definition) is 2.